The molecule has 0 bridgehead atoms. The molecule has 0 heterocycles. The fourth-order valence-electron chi connectivity index (χ4n) is 4.54. The molecule has 0 spiro atoms. The van der Waals surface area contributed by atoms with Gasteiger partial charge in [-0.15, -0.1) is 0 Å². The lowest BCUT2D eigenvalue weighted by atomic mass is 10.1. The van der Waals surface area contributed by atoms with Crippen LogP contribution in [0.25, 0.3) is 0 Å². The van der Waals surface area contributed by atoms with Crippen molar-refractivity contribution >= 4 is 15.9 Å². The Balaban J connectivity index is 1.86. The Labute approximate surface area is 220 Å². The van der Waals surface area contributed by atoms with Crippen molar-refractivity contribution in [1.82, 2.24) is 9.62 Å². The van der Waals surface area contributed by atoms with Crippen LogP contribution in [0.2, 0.25) is 0 Å². The molecule has 1 atom stereocenters. The number of nitrogens with zero attached hydrogens (tertiary/aromatic N) is 1. The number of rotatable bonds is 11. The zero-order valence-corrected chi connectivity index (χ0v) is 23.2. The fourth-order valence-corrected chi connectivity index (χ4v) is 6.35. The van der Waals surface area contributed by atoms with Crippen molar-refractivity contribution in [3.8, 4) is 11.5 Å². The highest BCUT2D eigenvalue weighted by Crippen LogP contribution is 2.30. The van der Waals surface area contributed by atoms with Crippen LogP contribution < -0.4 is 14.8 Å². The molecule has 0 radical (unpaired) electrons. The van der Waals surface area contributed by atoms with Crippen LogP contribution in [0.3, 0.4) is 0 Å². The third kappa shape index (κ3) is 6.90. The molecule has 0 aromatic heterocycles. The molecule has 0 saturated heterocycles. The molecule has 0 aliphatic rings. The number of carbonyl (C=O) groups excluding carboxylic acids is 1. The summed E-state index contributed by atoms with van der Waals surface area (Å²) in [7, 11) is -0.817. The number of nitrogens with one attached hydrogen (secondary N) is 1. The molecule has 37 heavy (non-hydrogen) atoms. The standard InChI is InChI=1S/C29H36N2O5S/c1-20-16-21(2)29(22(3)17-20)37(33,34)31(15-14-24-10-8-7-9-11-24)19-28(32)30-23(4)25-12-13-26(35-5)27(18-25)36-6/h7-13,16-18,23H,14-15,19H2,1-6H3,(H,30,32). The van der Waals surface area contributed by atoms with E-state index in [9.17, 15) is 13.2 Å². The Morgan fingerprint density at radius 1 is 0.919 bits per heavy atom. The third-order valence-corrected chi connectivity index (χ3v) is 8.45. The second-order valence-corrected chi connectivity index (χ2v) is 11.1. The minimum Gasteiger partial charge on any atom is -0.493 e. The van der Waals surface area contributed by atoms with Gasteiger partial charge < -0.3 is 14.8 Å². The highest BCUT2D eigenvalue weighted by molar-refractivity contribution is 7.89. The molecule has 1 unspecified atom stereocenters. The molecule has 198 valence electrons. The molecule has 1 N–H and O–H groups in total. The quantitative estimate of drug-likeness (QED) is 0.392. The molecule has 0 fully saturated rings. The Morgan fingerprint density at radius 2 is 1.54 bits per heavy atom. The summed E-state index contributed by atoms with van der Waals surface area (Å²) < 4.78 is 39.7. The minimum absolute atomic E-state index is 0.178. The van der Waals surface area contributed by atoms with Gasteiger partial charge in [-0.2, -0.15) is 4.31 Å². The van der Waals surface area contributed by atoms with Crippen LogP contribution in [0.5, 0.6) is 11.5 Å². The lowest BCUT2D eigenvalue weighted by molar-refractivity contribution is -0.121. The zero-order chi connectivity index (χ0) is 27.2. The van der Waals surface area contributed by atoms with E-state index in [0.717, 1.165) is 16.7 Å². The second-order valence-electron chi connectivity index (χ2n) is 9.21. The van der Waals surface area contributed by atoms with E-state index in [1.165, 1.54) is 4.31 Å². The van der Waals surface area contributed by atoms with E-state index < -0.39 is 10.0 Å². The molecule has 0 aliphatic heterocycles. The number of aryl methyl sites for hydroxylation is 3. The van der Waals surface area contributed by atoms with Crippen molar-refractivity contribution < 1.29 is 22.7 Å². The Kier molecular flexibility index (Phi) is 9.34. The predicted molar refractivity (Wildman–Crippen MR) is 146 cm³/mol. The van der Waals surface area contributed by atoms with E-state index in [0.29, 0.717) is 29.0 Å². The maximum absolute atomic E-state index is 13.9. The summed E-state index contributed by atoms with van der Waals surface area (Å²) in [5.41, 5.74) is 4.14. The molecule has 7 nitrogen and oxygen atoms in total. The predicted octanol–water partition coefficient (Wildman–Crippen LogP) is 4.74. The Bertz CT molecular complexity index is 1320. The molecule has 3 rings (SSSR count). The summed E-state index contributed by atoms with van der Waals surface area (Å²) in [6.07, 6.45) is 0.489. The first-order valence-corrected chi connectivity index (χ1v) is 13.6. The first-order chi connectivity index (χ1) is 17.6. The molecular weight excluding hydrogens is 488 g/mol. The van der Waals surface area contributed by atoms with Crippen LogP contribution >= 0.6 is 0 Å². The van der Waals surface area contributed by atoms with Crippen LogP contribution in [0.4, 0.5) is 0 Å². The number of amides is 1. The maximum atomic E-state index is 13.9. The highest BCUT2D eigenvalue weighted by atomic mass is 32.2. The van der Waals surface area contributed by atoms with Crippen LogP contribution in [-0.4, -0.2) is 45.9 Å². The van der Waals surface area contributed by atoms with E-state index in [1.807, 2.05) is 62.4 Å². The van der Waals surface area contributed by atoms with Crippen molar-refractivity contribution in [2.75, 3.05) is 27.3 Å². The van der Waals surface area contributed by atoms with Crippen LogP contribution in [-0.2, 0) is 21.2 Å². The number of hydrogen-bond donors (Lipinski definition) is 1. The first kappa shape index (κ1) is 28.2. The SMILES string of the molecule is COc1ccc(C(C)NC(=O)CN(CCc2ccccc2)S(=O)(=O)c2c(C)cc(C)cc2C)cc1OC. The summed E-state index contributed by atoms with van der Waals surface area (Å²) in [5, 5.41) is 2.93. The highest BCUT2D eigenvalue weighted by Gasteiger charge is 2.30. The van der Waals surface area contributed by atoms with E-state index in [2.05, 4.69) is 5.32 Å². The van der Waals surface area contributed by atoms with Gasteiger partial charge in [0.2, 0.25) is 15.9 Å². The number of benzene rings is 3. The van der Waals surface area contributed by atoms with Gasteiger partial charge in [-0.25, -0.2) is 8.42 Å². The Hall–Kier alpha value is -3.36. The molecule has 3 aromatic carbocycles. The van der Waals surface area contributed by atoms with Crippen molar-refractivity contribution in [3.05, 3.63) is 88.5 Å². The summed E-state index contributed by atoms with van der Waals surface area (Å²) in [6, 6.07) is 18.4. The average molecular weight is 525 g/mol. The van der Waals surface area contributed by atoms with Crippen molar-refractivity contribution in [3.63, 3.8) is 0 Å². The van der Waals surface area contributed by atoms with Crippen molar-refractivity contribution in [2.24, 2.45) is 0 Å². The van der Waals surface area contributed by atoms with Gasteiger partial charge >= 0.3 is 0 Å². The summed E-state index contributed by atoms with van der Waals surface area (Å²) >= 11 is 0. The van der Waals surface area contributed by atoms with Gasteiger partial charge in [0.05, 0.1) is 31.7 Å². The lowest BCUT2D eigenvalue weighted by Gasteiger charge is -2.25. The number of sulfonamides is 1. The van der Waals surface area contributed by atoms with E-state index in [1.54, 1.807) is 40.2 Å². The van der Waals surface area contributed by atoms with Crippen molar-refractivity contribution in [2.45, 2.75) is 45.1 Å². The third-order valence-electron chi connectivity index (χ3n) is 6.30. The second kappa shape index (κ2) is 12.3. The molecule has 0 saturated carbocycles. The average Bonchev–Trinajstić information content (AvgIpc) is 2.85. The fraction of sp³-hybridized carbons (Fsp3) is 0.345. The van der Waals surface area contributed by atoms with E-state index >= 15 is 0 Å². The van der Waals surface area contributed by atoms with Gasteiger partial charge in [-0.3, -0.25) is 4.79 Å². The van der Waals surface area contributed by atoms with Gasteiger partial charge in [0.25, 0.3) is 0 Å². The smallest absolute Gasteiger partial charge is 0.244 e. The van der Waals surface area contributed by atoms with Gasteiger partial charge in [-0.05, 0) is 68.5 Å². The largest absolute Gasteiger partial charge is 0.493 e. The van der Waals surface area contributed by atoms with Gasteiger partial charge in [0.1, 0.15) is 0 Å². The molecule has 1 amide bonds. The monoisotopic (exact) mass is 524 g/mol. The molecular formula is C29H36N2O5S. The summed E-state index contributed by atoms with van der Waals surface area (Å²) in [4.78, 5) is 13.4. The number of ether oxygens (including phenoxy) is 2. The number of methoxy groups -OCH3 is 2. The normalized spacial score (nSPS) is 12.3. The number of hydrogen-bond acceptors (Lipinski definition) is 5. The first-order valence-electron chi connectivity index (χ1n) is 12.2. The van der Waals surface area contributed by atoms with Crippen LogP contribution in [0.15, 0.2) is 65.6 Å². The summed E-state index contributed by atoms with van der Waals surface area (Å²) in [6.45, 7) is 7.25. The summed E-state index contributed by atoms with van der Waals surface area (Å²) in [5.74, 6) is 0.756. The van der Waals surface area contributed by atoms with Gasteiger partial charge in [0, 0.05) is 6.54 Å². The Morgan fingerprint density at radius 3 is 2.14 bits per heavy atom. The minimum atomic E-state index is -3.93. The topological polar surface area (TPSA) is 84.9 Å². The van der Waals surface area contributed by atoms with Crippen molar-refractivity contribution in [1.29, 1.82) is 0 Å². The van der Waals surface area contributed by atoms with Gasteiger partial charge in [-0.1, -0.05) is 54.1 Å². The van der Waals surface area contributed by atoms with Crippen LogP contribution in [0.1, 0.15) is 40.8 Å². The molecule has 3 aromatic rings. The molecule has 8 heteroatoms. The van der Waals surface area contributed by atoms with E-state index in [-0.39, 0.29) is 29.9 Å². The molecule has 0 aliphatic carbocycles. The maximum Gasteiger partial charge on any atom is 0.244 e. The van der Waals surface area contributed by atoms with E-state index in [4.69, 9.17) is 9.47 Å². The number of carbonyl (C=O) groups is 1. The van der Waals surface area contributed by atoms with Crippen LogP contribution in [0, 0.1) is 20.8 Å². The van der Waals surface area contributed by atoms with Gasteiger partial charge in [0.15, 0.2) is 11.5 Å². The lowest BCUT2D eigenvalue weighted by Crippen LogP contribution is -2.42. The zero-order valence-electron chi connectivity index (χ0n) is 22.4.